The van der Waals surface area contributed by atoms with Gasteiger partial charge >= 0.3 is 0 Å². The standard InChI is InChI=1S/C15H18BrF2NO/c1-10(16)12-4-2-3-5-13(12)19-14(20)11-6-8-15(17,18)9-7-11/h2-5,10-11H,6-9H2,1H3,(H,19,20). The Bertz CT molecular complexity index is 481. The van der Waals surface area contributed by atoms with Crippen molar-refractivity contribution in [3.8, 4) is 0 Å². The van der Waals surface area contributed by atoms with Crippen LogP contribution in [-0.4, -0.2) is 11.8 Å². The molecule has 1 aliphatic rings. The number of amides is 1. The fourth-order valence-corrected chi connectivity index (χ4v) is 2.89. The molecule has 0 radical (unpaired) electrons. The zero-order valence-electron chi connectivity index (χ0n) is 11.3. The number of nitrogens with one attached hydrogen (secondary N) is 1. The zero-order chi connectivity index (χ0) is 14.8. The maximum absolute atomic E-state index is 13.1. The summed E-state index contributed by atoms with van der Waals surface area (Å²) in [6.07, 6.45) is 0.124. The first-order chi connectivity index (χ1) is 9.39. The van der Waals surface area contributed by atoms with Gasteiger partial charge in [-0.1, -0.05) is 34.1 Å². The van der Waals surface area contributed by atoms with Crippen molar-refractivity contribution >= 4 is 27.5 Å². The van der Waals surface area contributed by atoms with Crippen LogP contribution in [0, 0.1) is 5.92 Å². The average molecular weight is 346 g/mol. The molecule has 2 rings (SSSR count). The summed E-state index contributed by atoms with van der Waals surface area (Å²) in [6, 6.07) is 7.53. The van der Waals surface area contributed by atoms with Gasteiger partial charge in [0.05, 0.1) is 0 Å². The minimum Gasteiger partial charge on any atom is -0.326 e. The van der Waals surface area contributed by atoms with Gasteiger partial charge in [-0.2, -0.15) is 0 Å². The average Bonchev–Trinajstić information content (AvgIpc) is 2.38. The van der Waals surface area contributed by atoms with Crippen molar-refractivity contribution in [3.05, 3.63) is 29.8 Å². The van der Waals surface area contributed by atoms with Gasteiger partial charge < -0.3 is 5.32 Å². The van der Waals surface area contributed by atoms with E-state index in [4.69, 9.17) is 0 Å². The molecule has 1 saturated carbocycles. The van der Waals surface area contributed by atoms with E-state index in [2.05, 4.69) is 21.2 Å². The number of hydrogen-bond donors (Lipinski definition) is 1. The molecule has 0 saturated heterocycles. The van der Waals surface area contributed by atoms with Crippen LogP contribution in [0.5, 0.6) is 0 Å². The molecule has 0 bridgehead atoms. The number of rotatable bonds is 3. The molecule has 1 unspecified atom stereocenters. The first-order valence-electron chi connectivity index (χ1n) is 6.81. The summed E-state index contributed by atoms with van der Waals surface area (Å²) in [7, 11) is 0. The molecule has 1 aromatic carbocycles. The number of halogens is 3. The van der Waals surface area contributed by atoms with Gasteiger partial charge in [0.1, 0.15) is 0 Å². The molecule has 1 N–H and O–H groups in total. The minimum absolute atomic E-state index is 0.120. The number of benzene rings is 1. The lowest BCUT2D eigenvalue weighted by Crippen LogP contribution is -2.32. The summed E-state index contributed by atoms with van der Waals surface area (Å²) in [5.41, 5.74) is 1.74. The third-order valence-corrected chi connectivity index (χ3v) is 4.23. The van der Waals surface area contributed by atoms with E-state index in [0.29, 0.717) is 0 Å². The lowest BCUT2D eigenvalue weighted by Gasteiger charge is -2.27. The fraction of sp³-hybridized carbons (Fsp3) is 0.533. The van der Waals surface area contributed by atoms with Gasteiger partial charge in [-0.05, 0) is 31.4 Å². The van der Waals surface area contributed by atoms with Gasteiger partial charge in [-0.15, -0.1) is 0 Å². The second kappa shape index (κ2) is 6.20. The van der Waals surface area contributed by atoms with Gasteiger partial charge in [-0.3, -0.25) is 4.79 Å². The van der Waals surface area contributed by atoms with Crippen molar-refractivity contribution in [2.75, 3.05) is 5.32 Å². The number of anilines is 1. The molecule has 110 valence electrons. The van der Waals surface area contributed by atoms with Gasteiger partial charge in [0.25, 0.3) is 0 Å². The smallest absolute Gasteiger partial charge is 0.248 e. The van der Waals surface area contributed by atoms with E-state index in [1.807, 2.05) is 31.2 Å². The Morgan fingerprint density at radius 1 is 1.35 bits per heavy atom. The van der Waals surface area contributed by atoms with E-state index in [9.17, 15) is 13.6 Å². The fourth-order valence-electron chi connectivity index (χ4n) is 2.49. The van der Waals surface area contributed by atoms with Crippen molar-refractivity contribution in [2.45, 2.75) is 43.4 Å². The monoisotopic (exact) mass is 345 g/mol. The maximum Gasteiger partial charge on any atom is 0.248 e. The van der Waals surface area contributed by atoms with E-state index in [1.165, 1.54) is 0 Å². The topological polar surface area (TPSA) is 29.1 Å². The van der Waals surface area contributed by atoms with E-state index in [-0.39, 0.29) is 42.3 Å². The van der Waals surface area contributed by atoms with Gasteiger partial charge in [0.15, 0.2) is 0 Å². The van der Waals surface area contributed by atoms with Crippen LogP contribution in [0.4, 0.5) is 14.5 Å². The zero-order valence-corrected chi connectivity index (χ0v) is 12.9. The van der Waals surface area contributed by atoms with Crippen LogP contribution < -0.4 is 5.32 Å². The van der Waals surface area contributed by atoms with Gasteiger partial charge in [-0.25, -0.2) is 8.78 Å². The van der Waals surface area contributed by atoms with E-state index in [1.54, 1.807) is 0 Å². The van der Waals surface area contributed by atoms with Crippen molar-refractivity contribution < 1.29 is 13.6 Å². The molecule has 1 amide bonds. The summed E-state index contributed by atoms with van der Waals surface area (Å²) >= 11 is 3.48. The number of para-hydroxylation sites is 1. The molecule has 1 fully saturated rings. The molecule has 1 atom stereocenters. The highest BCUT2D eigenvalue weighted by Gasteiger charge is 2.37. The summed E-state index contributed by atoms with van der Waals surface area (Å²) in [5, 5.41) is 2.88. The summed E-state index contributed by atoms with van der Waals surface area (Å²) in [5.74, 6) is -3.06. The lowest BCUT2D eigenvalue weighted by molar-refractivity contribution is -0.124. The molecule has 20 heavy (non-hydrogen) atoms. The Labute approximate surface area is 126 Å². The van der Waals surface area contributed by atoms with E-state index < -0.39 is 5.92 Å². The largest absolute Gasteiger partial charge is 0.326 e. The second-order valence-electron chi connectivity index (χ2n) is 5.32. The quantitative estimate of drug-likeness (QED) is 0.775. The molecule has 0 spiro atoms. The van der Waals surface area contributed by atoms with Crippen molar-refractivity contribution in [3.63, 3.8) is 0 Å². The van der Waals surface area contributed by atoms with Gasteiger partial charge in [0.2, 0.25) is 11.8 Å². The SMILES string of the molecule is CC(Br)c1ccccc1NC(=O)C1CCC(F)(F)CC1. The molecule has 0 aliphatic heterocycles. The molecular formula is C15H18BrF2NO. The maximum atomic E-state index is 13.1. The molecule has 0 heterocycles. The molecule has 5 heteroatoms. The van der Waals surface area contributed by atoms with Crippen LogP contribution in [0.25, 0.3) is 0 Å². The normalized spacial score (nSPS) is 20.4. The van der Waals surface area contributed by atoms with E-state index in [0.717, 1.165) is 11.3 Å². The van der Waals surface area contributed by atoms with Gasteiger partial charge in [0, 0.05) is 29.3 Å². The van der Waals surface area contributed by atoms with E-state index >= 15 is 0 Å². The van der Waals surface area contributed by atoms with Crippen molar-refractivity contribution in [1.29, 1.82) is 0 Å². The van der Waals surface area contributed by atoms with Crippen LogP contribution in [0.1, 0.15) is 43.0 Å². The second-order valence-corrected chi connectivity index (χ2v) is 6.70. The number of carbonyl (C=O) groups excluding carboxylic acids is 1. The van der Waals surface area contributed by atoms with Crippen molar-refractivity contribution in [2.24, 2.45) is 5.92 Å². The van der Waals surface area contributed by atoms with Crippen LogP contribution in [-0.2, 0) is 4.79 Å². The van der Waals surface area contributed by atoms with Crippen LogP contribution in [0.2, 0.25) is 0 Å². The molecule has 0 aromatic heterocycles. The molecular weight excluding hydrogens is 328 g/mol. The lowest BCUT2D eigenvalue weighted by atomic mass is 9.86. The highest BCUT2D eigenvalue weighted by atomic mass is 79.9. The number of carbonyl (C=O) groups is 1. The third kappa shape index (κ3) is 3.78. The minimum atomic E-state index is -2.60. The van der Waals surface area contributed by atoms with Crippen LogP contribution >= 0.6 is 15.9 Å². The van der Waals surface area contributed by atoms with Crippen LogP contribution in [0.15, 0.2) is 24.3 Å². The Morgan fingerprint density at radius 2 is 1.95 bits per heavy atom. The highest BCUT2D eigenvalue weighted by molar-refractivity contribution is 9.09. The Kier molecular flexibility index (Phi) is 4.78. The molecule has 1 aromatic rings. The number of alkyl halides is 3. The Morgan fingerprint density at radius 3 is 2.55 bits per heavy atom. The first kappa shape index (κ1) is 15.4. The highest BCUT2D eigenvalue weighted by Crippen LogP contribution is 2.37. The van der Waals surface area contributed by atoms with Crippen molar-refractivity contribution in [1.82, 2.24) is 0 Å². The third-order valence-electron chi connectivity index (χ3n) is 3.74. The predicted octanol–water partition coefficient (Wildman–Crippen LogP) is 4.91. The molecule has 2 nitrogen and oxygen atoms in total. The summed E-state index contributed by atoms with van der Waals surface area (Å²) in [6.45, 7) is 1.98. The summed E-state index contributed by atoms with van der Waals surface area (Å²) < 4.78 is 26.2. The molecule has 1 aliphatic carbocycles. The Balaban J connectivity index is 2.02. The first-order valence-corrected chi connectivity index (χ1v) is 7.72. The number of hydrogen-bond acceptors (Lipinski definition) is 1. The summed E-state index contributed by atoms with van der Waals surface area (Å²) in [4.78, 5) is 12.3. The predicted molar refractivity (Wildman–Crippen MR) is 79.3 cm³/mol. The Hall–Kier alpha value is -0.970. The van der Waals surface area contributed by atoms with Crippen LogP contribution in [0.3, 0.4) is 0 Å².